The zero-order valence-corrected chi connectivity index (χ0v) is 7.96. The first-order chi connectivity index (χ1) is 6.27. The maximum absolute atomic E-state index is 13.3. The molecule has 1 N–H and O–H groups in total. The summed E-state index contributed by atoms with van der Waals surface area (Å²) in [4.78, 5) is 0.927. The molecule has 0 spiro atoms. The predicted octanol–water partition coefficient (Wildman–Crippen LogP) is 2.55. The molecule has 0 saturated carbocycles. The fraction of sp³-hybridized carbons (Fsp3) is 0.300. The van der Waals surface area contributed by atoms with Crippen LogP contribution in [-0.2, 0) is 6.42 Å². The smallest absolute Gasteiger partial charge is 0.128 e. The van der Waals surface area contributed by atoms with E-state index in [1.54, 1.807) is 6.07 Å². The number of benzene rings is 1. The minimum Gasteiger partial charge on any atom is -0.384 e. The van der Waals surface area contributed by atoms with E-state index < -0.39 is 0 Å². The standard InChI is InChI=1S/C10H10FNS/c11-9-2-1-3-10-8(9)6-7(13)4-5-12-10/h1-3,12H,4-6H2. The Morgan fingerprint density at radius 3 is 3.08 bits per heavy atom. The highest BCUT2D eigenvalue weighted by atomic mass is 32.1. The van der Waals surface area contributed by atoms with E-state index in [1.165, 1.54) is 6.07 Å². The van der Waals surface area contributed by atoms with Crippen molar-refractivity contribution in [3.63, 3.8) is 0 Å². The first kappa shape index (κ1) is 8.63. The summed E-state index contributed by atoms with van der Waals surface area (Å²) in [6.07, 6.45) is 1.44. The summed E-state index contributed by atoms with van der Waals surface area (Å²) >= 11 is 5.12. The van der Waals surface area contributed by atoms with E-state index in [0.717, 1.165) is 23.5 Å². The molecule has 1 aromatic rings. The van der Waals surface area contributed by atoms with Crippen LogP contribution in [0.1, 0.15) is 12.0 Å². The first-order valence-corrected chi connectivity index (χ1v) is 4.71. The average molecular weight is 195 g/mol. The molecule has 0 saturated heterocycles. The van der Waals surface area contributed by atoms with Gasteiger partial charge in [-0.05, 0) is 23.4 Å². The Hall–Kier alpha value is -0.960. The number of nitrogens with one attached hydrogen (secondary N) is 1. The van der Waals surface area contributed by atoms with Crippen molar-refractivity contribution >= 4 is 22.8 Å². The van der Waals surface area contributed by atoms with Crippen LogP contribution in [0, 0.1) is 5.82 Å². The van der Waals surface area contributed by atoms with E-state index in [-0.39, 0.29) is 5.82 Å². The quantitative estimate of drug-likeness (QED) is 0.638. The lowest BCUT2D eigenvalue weighted by molar-refractivity contribution is 0.617. The van der Waals surface area contributed by atoms with Crippen molar-refractivity contribution in [3.8, 4) is 0 Å². The normalized spacial score (nSPS) is 15.9. The van der Waals surface area contributed by atoms with Crippen LogP contribution in [0.5, 0.6) is 0 Å². The van der Waals surface area contributed by atoms with Crippen molar-refractivity contribution in [3.05, 3.63) is 29.6 Å². The predicted molar refractivity (Wildman–Crippen MR) is 55.8 cm³/mol. The van der Waals surface area contributed by atoms with Crippen molar-refractivity contribution in [2.24, 2.45) is 0 Å². The number of thiocarbonyl (C=S) groups is 1. The topological polar surface area (TPSA) is 12.0 Å². The maximum atomic E-state index is 13.3. The molecule has 2 rings (SSSR count). The minimum absolute atomic E-state index is 0.158. The molecule has 0 aromatic heterocycles. The molecule has 0 unspecified atom stereocenters. The summed E-state index contributed by atoms with van der Waals surface area (Å²) < 4.78 is 13.3. The van der Waals surface area contributed by atoms with Crippen molar-refractivity contribution in [1.29, 1.82) is 0 Å². The number of hydrogen-bond acceptors (Lipinski definition) is 2. The second-order valence-electron chi connectivity index (χ2n) is 3.16. The van der Waals surface area contributed by atoms with E-state index in [9.17, 15) is 4.39 Å². The molecule has 1 nitrogen and oxygen atoms in total. The van der Waals surface area contributed by atoms with Crippen molar-refractivity contribution < 1.29 is 4.39 Å². The molecule has 0 bridgehead atoms. The Kier molecular flexibility index (Phi) is 2.27. The molecule has 0 radical (unpaired) electrons. The number of rotatable bonds is 0. The molecule has 13 heavy (non-hydrogen) atoms. The highest BCUT2D eigenvalue weighted by Gasteiger charge is 2.13. The Labute approximate surface area is 82.0 Å². The Morgan fingerprint density at radius 1 is 1.38 bits per heavy atom. The van der Waals surface area contributed by atoms with Gasteiger partial charge in [-0.3, -0.25) is 0 Å². The third-order valence-electron chi connectivity index (χ3n) is 2.21. The second kappa shape index (κ2) is 3.42. The summed E-state index contributed by atoms with van der Waals surface area (Å²) in [5.74, 6) is -0.158. The molecule has 68 valence electrons. The van der Waals surface area contributed by atoms with Crippen LogP contribution in [0.3, 0.4) is 0 Å². The van der Waals surface area contributed by atoms with E-state index in [1.807, 2.05) is 6.07 Å². The van der Waals surface area contributed by atoms with Crippen LogP contribution in [-0.4, -0.2) is 11.4 Å². The van der Waals surface area contributed by atoms with Crippen LogP contribution in [0.2, 0.25) is 0 Å². The van der Waals surface area contributed by atoms with Gasteiger partial charge in [0, 0.05) is 24.2 Å². The van der Waals surface area contributed by atoms with E-state index >= 15 is 0 Å². The number of halogens is 1. The monoisotopic (exact) mass is 195 g/mol. The largest absolute Gasteiger partial charge is 0.384 e. The summed E-state index contributed by atoms with van der Waals surface area (Å²) in [5, 5.41) is 3.17. The summed E-state index contributed by atoms with van der Waals surface area (Å²) in [6.45, 7) is 0.815. The molecular weight excluding hydrogens is 185 g/mol. The maximum Gasteiger partial charge on any atom is 0.128 e. The molecule has 0 amide bonds. The van der Waals surface area contributed by atoms with E-state index in [0.29, 0.717) is 12.0 Å². The number of hydrogen-bond donors (Lipinski definition) is 1. The van der Waals surface area contributed by atoms with Gasteiger partial charge in [-0.2, -0.15) is 0 Å². The summed E-state index contributed by atoms with van der Waals surface area (Å²) in [6, 6.07) is 5.09. The van der Waals surface area contributed by atoms with Gasteiger partial charge in [-0.1, -0.05) is 18.3 Å². The van der Waals surface area contributed by atoms with E-state index in [2.05, 4.69) is 5.32 Å². The van der Waals surface area contributed by atoms with Crippen LogP contribution < -0.4 is 5.32 Å². The van der Waals surface area contributed by atoms with Gasteiger partial charge < -0.3 is 5.32 Å². The molecular formula is C10H10FNS. The average Bonchev–Trinajstić information content (AvgIpc) is 2.28. The molecule has 0 fully saturated rings. The lowest BCUT2D eigenvalue weighted by atomic mass is 10.1. The Morgan fingerprint density at radius 2 is 2.23 bits per heavy atom. The van der Waals surface area contributed by atoms with Gasteiger partial charge in [-0.15, -0.1) is 0 Å². The molecule has 1 aromatic carbocycles. The summed E-state index contributed by atoms with van der Waals surface area (Å²) in [5.41, 5.74) is 1.60. The van der Waals surface area contributed by atoms with Gasteiger partial charge in [0.15, 0.2) is 0 Å². The van der Waals surface area contributed by atoms with Gasteiger partial charge in [0.05, 0.1) is 0 Å². The van der Waals surface area contributed by atoms with Gasteiger partial charge in [-0.25, -0.2) is 4.39 Å². The van der Waals surface area contributed by atoms with E-state index in [4.69, 9.17) is 12.2 Å². The van der Waals surface area contributed by atoms with Crippen molar-refractivity contribution in [1.82, 2.24) is 0 Å². The fourth-order valence-corrected chi connectivity index (χ4v) is 1.77. The number of anilines is 1. The lowest BCUT2D eigenvalue weighted by Crippen LogP contribution is -2.02. The van der Waals surface area contributed by atoms with Crippen molar-refractivity contribution in [2.75, 3.05) is 11.9 Å². The molecule has 3 heteroatoms. The molecule has 1 aliphatic heterocycles. The second-order valence-corrected chi connectivity index (χ2v) is 3.74. The molecule has 0 atom stereocenters. The zero-order chi connectivity index (χ0) is 9.26. The Bertz CT molecular complexity index is 349. The molecule has 1 heterocycles. The zero-order valence-electron chi connectivity index (χ0n) is 7.14. The lowest BCUT2D eigenvalue weighted by Gasteiger charge is -2.06. The van der Waals surface area contributed by atoms with Gasteiger partial charge in [0.2, 0.25) is 0 Å². The SMILES string of the molecule is Fc1cccc2c1CC(=S)CCN2. The third kappa shape index (κ3) is 1.70. The van der Waals surface area contributed by atoms with Crippen LogP contribution >= 0.6 is 12.2 Å². The Balaban J connectivity index is 2.46. The van der Waals surface area contributed by atoms with Crippen molar-refractivity contribution in [2.45, 2.75) is 12.8 Å². The summed E-state index contributed by atoms with van der Waals surface area (Å²) in [7, 11) is 0. The fourth-order valence-electron chi connectivity index (χ4n) is 1.53. The molecule has 1 aliphatic rings. The first-order valence-electron chi connectivity index (χ1n) is 4.30. The van der Waals surface area contributed by atoms with Gasteiger partial charge in [0.1, 0.15) is 5.82 Å². The minimum atomic E-state index is -0.158. The van der Waals surface area contributed by atoms with Crippen LogP contribution in [0.15, 0.2) is 18.2 Å². The molecule has 0 aliphatic carbocycles. The van der Waals surface area contributed by atoms with Crippen LogP contribution in [0.4, 0.5) is 10.1 Å². The van der Waals surface area contributed by atoms with Gasteiger partial charge >= 0.3 is 0 Å². The van der Waals surface area contributed by atoms with Gasteiger partial charge in [0.25, 0.3) is 0 Å². The number of fused-ring (bicyclic) bond motifs is 1. The third-order valence-corrected chi connectivity index (χ3v) is 2.56. The van der Waals surface area contributed by atoms with Crippen LogP contribution in [0.25, 0.3) is 0 Å². The highest BCUT2D eigenvalue weighted by Crippen LogP contribution is 2.22. The highest BCUT2D eigenvalue weighted by molar-refractivity contribution is 7.80.